The topological polar surface area (TPSA) is 74.0 Å². The highest BCUT2D eigenvalue weighted by atomic mass is 16.2. The van der Waals surface area contributed by atoms with Crippen LogP contribution in [-0.2, 0) is 21.4 Å². The van der Waals surface area contributed by atoms with Crippen molar-refractivity contribution >= 4 is 22.7 Å². The average Bonchev–Trinajstić information content (AvgIpc) is 2.91. The lowest BCUT2D eigenvalue weighted by molar-refractivity contribution is -0.133. The van der Waals surface area contributed by atoms with Crippen molar-refractivity contribution in [2.24, 2.45) is 0 Å². The van der Waals surface area contributed by atoms with Gasteiger partial charge in [-0.25, -0.2) is 0 Å². The van der Waals surface area contributed by atoms with Crippen molar-refractivity contribution in [3.63, 3.8) is 0 Å². The molecule has 0 saturated carbocycles. The van der Waals surface area contributed by atoms with Gasteiger partial charge in [-0.3, -0.25) is 9.59 Å². The quantitative estimate of drug-likeness (QED) is 0.753. The second kappa shape index (κ2) is 5.57. The maximum Gasteiger partial charge on any atom is 0.243 e. The van der Waals surface area contributed by atoms with Crippen LogP contribution in [0, 0.1) is 0 Å². The summed E-state index contributed by atoms with van der Waals surface area (Å²) in [6.07, 6.45) is 2.34. The van der Waals surface area contributed by atoms with Crippen LogP contribution < -0.4 is 10.6 Å². The van der Waals surface area contributed by atoms with Crippen molar-refractivity contribution in [3.05, 3.63) is 48.2 Å². The zero-order valence-electron chi connectivity index (χ0n) is 13.4. The van der Waals surface area contributed by atoms with Gasteiger partial charge < -0.3 is 15.6 Å². The van der Waals surface area contributed by atoms with Crippen molar-refractivity contribution in [3.8, 4) is 0 Å². The van der Waals surface area contributed by atoms with E-state index in [1.54, 1.807) is 0 Å². The molecule has 2 aromatic rings. The Hall–Kier alpha value is -2.56. The van der Waals surface area contributed by atoms with E-state index >= 15 is 0 Å². The minimum Gasteiger partial charge on any atom is -0.357 e. The molecule has 0 radical (unpaired) electrons. The maximum atomic E-state index is 12.1. The maximum absolute atomic E-state index is 12.1. The summed E-state index contributed by atoms with van der Waals surface area (Å²) in [6, 6.07) is 7.45. The van der Waals surface area contributed by atoms with Crippen LogP contribution in [0.25, 0.3) is 10.9 Å². The van der Waals surface area contributed by atoms with Gasteiger partial charge in [0.05, 0.1) is 6.54 Å². The van der Waals surface area contributed by atoms with E-state index in [9.17, 15) is 9.59 Å². The van der Waals surface area contributed by atoms with Crippen molar-refractivity contribution in [1.29, 1.82) is 0 Å². The van der Waals surface area contributed by atoms with Gasteiger partial charge in [0.25, 0.3) is 0 Å². The molecule has 3 N–H and O–H groups in total. The van der Waals surface area contributed by atoms with E-state index in [0.29, 0.717) is 6.42 Å². The number of aromatic amines is 1. The Morgan fingerprint density at radius 1 is 1.30 bits per heavy atom. The van der Waals surface area contributed by atoms with Gasteiger partial charge in [-0.15, -0.1) is 6.58 Å². The molecule has 23 heavy (non-hydrogen) atoms. The van der Waals surface area contributed by atoms with E-state index < -0.39 is 6.04 Å². The van der Waals surface area contributed by atoms with E-state index in [1.807, 2.05) is 30.3 Å². The standard InChI is InChI=1S/C18H21N3O2/c1-4-18(2,3)16-12(11-7-5-6-8-13(11)21-16)9-14-17(23)19-10-15(22)20-14/h4-8,14,21H,1,9-10H2,2-3H3,(H,19,23)(H,20,22). The summed E-state index contributed by atoms with van der Waals surface area (Å²) >= 11 is 0. The second-order valence-corrected chi connectivity index (χ2v) is 6.49. The molecular formula is C18H21N3O2. The Kier molecular flexibility index (Phi) is 3.72. The smallest absolute Gasteiger partial charge is 0.243 e. The summed E-state index contributed by atoms with van der Waals surface area (Å²) < 4.78 is 0. The van der Waals surface area contributed by atoms with Gasteiger partial charge in [0, 0.05) is 28.4 Å². The molecule has 1 aromatic carbocycles. The van der Waals surface area contributed by atoms with Crippen LogP contribution in [-0.4, -0.2) is 29.4 Å². The van der Waals surface area contributed by atoms with Crippen LogP contribution >= 0.6 is 0 Å². The lowest BCUT2D eigenvalue weighted by Gasteiger charge is -2.26. The number of amides is 2. The summed E-state index contributed by atoms with van der Waals surface area (Å²) in [5.41, 5.74) is 2.84. The monoisotopic (exact) mass is 311 g/mol. The van der Waals surface area contributed by atoms with Gasteiger partial charge in [0.1, 0.15) is 6.04 Å². The van der Waals surface area contributed by atoms with Gasteiger partial charge in [-0.1, -0.05) is 38.1 Å². The van der Waals surface area contributed by atoms with Gasteiger partial charge in [-0.2, -0.15) is 0 Å². The number of para-hydroxylation sites is 1. The number of aromatic nitrogens is 1. The summed E-state index contributed by atoms with van der Waals surface area (Å²) in [7, 11) is 0. The SMILES string of the molecule is C=CC(C)(C)c1[nH]c2ccccc2c1CC1NC(=O)CNC1=O. The van der Waals surface area contributed by atoms with E-state index in [-0.39, 0.29) is 23.8 Å². The van der Waals surface area contributed by atoms with Crippen molar-refractivity contribution in [1.82, 2.24) is 15.6 Å². The van der Waals surface area contributed by atoms with E-state index in [1.165, 1.54) is 0 Å². The average molecular weight is 311 g/mol. The number of fused-ring (bicyclic) bond motifs is 1. The summed E-state index contributed by atoms with van der Waals surface area (Å²) in [6.45, 7) is 8.13. The molecule has 1 aliphatic rings. The predicted molar refractivity (Wildman–Crippen MR) is 90.2 cm³/mol. The van der Waals surface area contributed by atoms with E-state index in [2.05, 4.69) is 36.0 Å². The Balaban J connectivity index is 2.07. The summed E-state index contributed by atoms with van der Waals surface area (Å²) in [5.74, 6) is -0.295. The number of nitrogens with one attached hydrogen (secondary N) is 3. The van der Waals surface area contributed by atoms with E-state index in [4.69, 9.17) is 0 Å². The largest absolute Gasteiger partial charge is 0.357 e. The third kappa shape index (κ3) is 2.74. The molecule has 1 fully saturated rings. The molecule has 0 bridgehead atoms. The second-order valence-electron chi connectivity index (χ2n) is 6.49. The molecule has 0 spiro atoms. The van der Waals surface area contributed by atoms with Gasteiger partial charge >= 0.3 is 0 Å². The number of hydrogen-bond donors (Lipinski definition) is 3. The fraction of sp³-hybridized carbons (Fsp3) is 0.333. The highest BCUT2D eigenvalue weighted by molar-refractivity contribution is 5.95. The van der Waals surface area contributed by atoms with Gasteiger partial charge in [-0.05, 0) is 11.6 Å². The molecular weight excluding hydrogens is 290 g/mol. The molecule has 5 nitrogen and oxygen atoms in total. The highest BCUT2D eigenvalue weighted by Gasteiger charge is 2.30. The Bertz CT molecular complexity index is 789. The molecule has 1 aliphatic heterocycles. The number of carbonyl (C=O) groups excluding carboxylic acids is 2. The molecule has 1 unspecified atom stereocenters. The molecule has 1 saturated heterocycles. The number of carbonyl (C=O) groups is 2. The van der Waals surface area contributed by atoms with Gasteiger partial charge in [0.15, 0.2) is 0 Å². The first kappa shape index (κ1) is 15.3. The minimum absolute atomic E-state index is 0.0498. The molecule has 2 amide bonds. The minimum atomic E-state index is -0.546. The Morgan fingerprint density at radius 3 is 2.78 bits per heavy atom. The number of rotatable bonds is 4. The molecule has 3 rings (SSSR count). The highest BCUT2D eigenvalue weighted by Crippen LogP contribution is 2.33. The summed E-state index contributed by atoms with van der Waals surface area (Å²) in [4.78, 5) is 27.1. The van der Waals surface area contributed by atoms with Crippen LogP contribution in [0.3, 0.4) is 0 Å². The number of hydrogen-bond acceptors (Lipinski definition) is 2. The Labute approximate surface area is 135 Å². The lowest BCUT2D eigenvalue weighted by atomic mass is 9.85. The molecule has 1 aromatic heterocycles. The van der Waals surface area contributed by atoms with Crippen LogP contribution in [0.4, 0.5) is 0 Å². The normalized spacial score (nSPS) is 18.6. The number of allylic oxidation sites excluding steroid dienone is 1. The predicted octanol–water partition coefficient (Wildman–Crippen LogP) is 1.79. The van der Waals surface area contributed by atoms with Gasteiger partial charge in [0.2, 0.25) is 11.8 Å². The number of H-pyrrole nitrogens is 1. The molecule has 0 aliphatic carbocycles. The first-order valence-electron chi connectivity index (χ1n) is 7.73. The van der Waals surface area contributed by atoms with Crippen LogP contribution in [0.1, 0.15) is 25.1 Å². The fourth-order valence-electron chi connectivity index (χ4n) is 3.01. The zero-order valence-corrected chi connectivity index (χ0v) is 13.4. The van der Waals surface area contributed by atoms with Crippen molar-refractivity contribution in [2.45, 2.75) is 31.7 Å². The molecule has 1 atom stereocenters. The third-order valence-electron chi connectivity index (χ3n) is 4.45. The number of benzene rings is 1. The number of piperazine rings is 1. The van der Waals surface area contributed by atoms with Crippen LogP contribution in [0.2, 0.25) is 0 Å². The first-order valence-corrected chi connectivity index (χ1v) is 7.73. The van der Waals surface area contributed by atoms with Crippen LogP contribution in [0.5, 0.6) is 0 Å². The zero-order chi connectivity index (χ0) is 16.6. The van der Waals surface area contributed by atoms with Crippen molar-refractivity contribution < 1.29 is 9.59 Å². The third-order valence-corrected chi connectivity index (χ3v) is 4.45. The molecule has 5 heteroatoms. The van der Waals surface area contributed by atoms with E-state index in [0.717, 1.165) is 22.2 Å². The first-order chi connectivity index (χ1) is 10.9. The molecule has 120 valence electrons. The lowest BCUT2D eigenvalue weighted by Crippen LogP contribution is -2.57. The Morgan fingerprint density at radius 2 is 2.04 bits per heavy atom. The van der Waals surface area contributed by atoms with Crippen molar-refractivity contribution in [2.75, 3.05) is 6.54 Å². The summed E-state index contributed by atoms with van der Waals surface area (Å²) in [5, 5.41) is 6.48. The van der Waals surface area contributed by atoms with Crippen LogP contribution in [0.15, 0.2) is 36.9 Å². The fourth-order valence-corrected chi connectivity index (χ4v) is 3.01. The molecule has 2 heterocycles.